The minimum Gasteiger partial charge on any atom is -0.381 e. The van der Waals surface area contributed by atoms with Crippen molar-refractivity contribution in [1.82, 2.24) is 10.2 Å². The van der Waals surface area contributed by atoms with E-state index in [2.05, 4.69) is 23.2 Å². The Bertz CT molecular complexity index is 537. The van der Waals surface area contributed by atoms with Crippen LogP contribution in [0.1, 0.15) is 17.5 Å². The molecule has 0 bridgehead atoms. The molecule has 0 aliphatic carbocycles. The molecule has 2 saturated heterocycles. The Labute approximate surface area is 144 Å². The number of benzene rings is 1. The van der Waals surface area contributed by atoms with Crippen LogP contribution in [0.15, 0.2) is 24.3 Å². The van der Waals surface area contributed by atoms with E-state index in [0.29, 0.717) is 24.9 Å². The topological polar surface area (TPSA) is 50.8 Å². The van der Waals surface area contributed by atoms with Crippen LogP contribution in [0.25, 0.3) is 0 Å². The van der Waals surface area contributed by atoms with Gasteiger partial charge in [0, 0.05) is 38.2 Å². The first-order valence-corrected chi connectivity index (χ1v) is 8.95. The predicted molar refractivity (Wildman–Crippen MR) is 93.0 cm³/mol. The fourth-order valence-electron chi connectivity index (χ4n) is 3.62. The predicted octanol–water partition coefficient (Wildman–Crippen LogP) is 1.39. The molecule has 0 radical (unpaired) electrons. The SMILES string of the molecule is Cc1ccccc1CC(=O)NC[C@H]([C@H]1CCOC1)N1CCOCC1. The number of rotatable bonds is 6. The fraction of sp³-hybridized carbons (Fsp3) is 0.632. The van der Waals surface area contributed by atoms with Gasteiger partial charge in [-0.2, -0.15) is 0 Å². The summed E-state index contributed by atoms with van der Waals surface area (Å²) >= 11 is 0. The molecular weight excluding hydrogens is 304 g/mol. The van der Waals surface area contributed by atoms with Gasteiger partial charge in [0.1, 0.15) is 0 Å². The van der Waals surface area contributed by atoms with Crippen LogP contribution in [0.5, 0.6) is 0 Å². The number of hydrogen-bond acceptors (Lipinski definition) is 4. The van der Waals surface area contributed by atoms with E-state index in [-0.39, 0.29) is 5.91 Å². The van der Waals surface area contributed by atoms with Crippen LogP contribution in [0.4, 0.5) is 0 Å². The lowest BCUT2D eigenvalue weighted by Crippen LogP contribution is -2.52. The molecule has 1 aromatic rings. The minimum absolute atomic E-state index is 0.0986. The van der Waals surface area contributed by atoms with Crippen LogP contribution < -0.4 is 5.32 Å². The molecule has 2 fully saturated rings. The summed E-state index contributed by atoms with van der Waals surface area (Å²) < 4.78 is 11.0. The molecule has 5 heteroatoms. The van der Waals surface area contributed by atoms with E-state index in [9.17, 15) is 4.79 Å². The number of morpholine rings is 1. The highest BCUT2D eigenvalue weighted by Crippen LogP contribution is 2.22. The van der Waals surface area contributed by atoms with Crippen molar-refractivity contribution in [2.45, 2.75) is 25.8 Å². The normalized spacial score (nSPS) is 23.1. The second kappa shape index (κ2) is 8.60. The zero-order valence-corrected chi connectivity index (χ0v) is 14.5. The van der Waals surface area contributed by atoms with E-state index in [1.165, 1.54) is 5.56 Å². The lowest BCUT2D eigenvalue weighted by Gasteiger charge is -2.37. The number of nitrogens with one attached hydrogen (secondary N) is 1. The minimum atomic E-state index is 0.0986. The summed E-state index contributed by atoms with van der Waals surface area (Å²) in [6.45, 7) is 7.82. The third-order valence-corrected chi connectivity index (χ3v) is 5.14. The zero-order valence-electron chi connectivity index (χ0n) is 14.5. The van der Waals surface area contributed by atoms with E-state index >= 15 is 0 Å². The van der Waals surface area contributed by atoms with Crippen LogP contribution in [0, 0.1) is 12.8 Å². The Balaban J connectivity index is 1.56. The number of nitrogens with zero attached hydrogens (tertiary/aromatic N) is 1. The average molecular weight is 332 g/mol. The van der Waals surface area contributed by atoms with Crippen LogP contribution in [0.2, 0.25) is 0 Å². The number of carbonyl (C=O) groups excluding carboxylic acids is 1. The molecule has 0 unspecified atom stereocenters. The number of hydrogen-bond donors (Lipinski definition) is 1. The lowest BCUT2D eigenvalue weighted by molar-refractivity contribution is -0.121. The molecule has 132 valence electrons. The second-order valence-electron chi connectivity index (χ2n) is 6.75. The number of carbonyl (C=O) groups is 1. The molecule has 5 nitrogen and oxygen atoms in total. The van der Waals surface area contributed by atoms with Gasteiger partial charge in [-0.05, 0) is 24.5 Å². The number of ether oxygens (including phenoxy) is 2. The van der Waals surface area contributed by atoms with Gasteiger partial charge in [-0.25, -0.2) is 0 Å². The molecule has 2 aliphatic rings. The van der Waals surface area contributed by atoms with Gasteiger partial charge >= 0.3 is 0 Å². The molecule has 24 heavy (non-hydrogen) atoms. The summed E-state index contributed by atoms with van der Waals surface area (Å²) in [4.78, 5) is 14.8. The van der Waals surface area contributed by atoms with Crippen LogP contribution in [-0.4, -0.2) is 62.9 Å². The van der Waals surface area contributed by atoms with E-state index in [1.54, 1.807) is 0 Å². The van der Waals surface area contributed by atoms with Gasteiger partial charge < -0.3 is 14.8 Å². The maximum Gasteiger partial charge on any atom is 0.224 e. The Kier molecular flexibility index (Phi) is 6.24. The molecule has 2 aliphatic heterocycles. The summed E-state index contributed by atoms with van der Waals surface area (Å²) in [7, 11) is 0. The van der Waals surface area contributed by atoms with Crippen molar-refractivity contribution in [1.29, 1.82) is 0 Å². The first-order chi connectivity index (χ1) is 11.7. The molecule has 3 rings (SSSR count). The third-order valence-electron chi connectivity index (χ3n) is 5.14. The third kappa shape index (κ3) is 4.56. The smallest absolute Gasteiger partial charge is 0.224 e. The van der Waals surface area contributed by atoms with E-state index < -0.39 is 0 Å². The molecule has 0 saturated carbocycles. The average Bonchev–Trinajstić information content (AvgIpc) is 3.12. The summed E-state index contributed by atoms with van der Waals surface area (Å²) in [5.74, 6) is 0.600. The molecule has 1 N–H and O–H groups in total. The van der Waals surface area contributed by atoms with Gasteiger partial charge in [0.2, 0.25) is 5.91 Å². The fourth-order valence-corrected chi connectivity index (χ4v) is 3.62. The summed E-state index contributed by atoms with van der Waals surface area (Å²) in [6.07, 6.45) is 1.53. The molecule has 2 heterocycles. The van der Waals surface area contributed by atoms with Gasteiger partial charge in [0.25, 0.3) is 0 Å². The van der Waals surface area contributed by atoms with Crippen molar-refractivity contribution >= 4 is 5.91 Å². The summed E-state index contributed by atoms with van der Waals surface area (Å²) in [6, 6.07) is 8.42. The van der Waals surface area contributed by atoms with Crippen molar-refractivity contribution in [2.24, 2.45) is 5.92 Å². The van der Waals surface area contributed by atoms with Crippen LogP contribution in [-0.2, 0) is 20.7 Å². The number of aryl methyl sites for hydroxylation is 1. The molecule has 1 amide bonds. The van der Waals surface area contributed by atoms with Crippen molar-refractivity contribution in [3.8, 4) is 0 Å². The van der Waals surface area contributed by atoms with E-state index in [4.69, 9.17) is 9.47 Å². The Morgan fingerprint density at radius 2 is 2.04 bits per heavy atom. The molecule has 2 atom stereocenters. The standard InChI is InChI=1S/C19H28N2O3/c1-15-4-2-3-5-16(15)12-19(22)20-13-18(17-6-9-24-14-17)21-7-10-23-11-8-21/h2-5,17-18H,6-14H2,1H3,(H,20,22)/t17-,18+/m0/s1. The maximum atomic E-state index is 12.4. The second-order valence-corrected chi connectivity index (χ2v) is 6.75. The van der Waals surface area contributed by atoms with Gasteiger partial charge in [0.15, 0.2) is 0 Å². The van der Waals surface area contributed by atoms with E-state index in [1.807, 2.05) is 18.2 Å². The quantitative estimate of drug-likeness (QED) is 0.855. The van der Waals surface area contributed by atoms with Gasteiger partial charge in [-0.1, -0.05) is 24.3 Å². The highest BCUT2D eigenvalue weighted by Gasteiger charge is 2.31. The van der Waals surface area contributed by atoms with Crippen LogP contribution in [0.3, 0.4) is 0 Å². The van der Waals surface area contributed by atoms with Gasteiger partial charge in [-0.3, -0.25) is 9.69 Å². The molecule has 1 aromatic carbocycles. The molecule has 0 aromatic heterocycles. The Morgan fingerprint density at radius 3 is 2.75 bits per heavy atom. The van der Waals surface area contributed by atoms with Crippen molar-refractivity contribution in [2.75, 3.05) is 46.1 Å². The maximum absolute atomic E-state index is 12.4. The molecule has 0 spiro atoms. The summed E-state index contributed by atoms with van der Waals surface area (Å²) in [5, 5.41) is 3.16. The molecular formula is C19H28N2O3. The van der Waals surface area contributed by atoms with Crippen molar-refractivity contribution in [3.05, 3.63) is 35.4 Å². The van der Waals surface area contributed by atoms with Crippen LogP contribution >= 0.6 is 0 Å². The van der Waals surface area contributed by atoms with Gasteiger partial charge in [-0.15, -0.1) is 0 Å². The monoisotopic (exact) mass is 332 g/mol. The zero-order chi connectivity index (χ0) is 16.8. The van der Waals surface area contributed by atoms with Gasteiger partial charge in [0.05, 0.1) is 26.2 Å². The highest BCUT2D eigenvalue weighted by molar-refractivity contribution is 5.78. The van der Waals surface area contributed by atoms with Crippen molar-refractivity contribution < 1.29 is 14.3 Å². The first kappa shape index (κ1) is 17.4. The van der Waals surface area contributed by atoms with E-state index in [0.717, 1.165) is 51.5 Å². The highest BCUT2D eigenvalue weighted by atomic mass is 16.5. The Hall–Kier alpha value is -1.43. The largest absolute Gasteiger partial charge is 0.381 e. The lowest BCUT2D eigenvalue weighted by atomic mass is 9.96. The van der Waals surface area contributed by atoms with Crippen molar-refractivity contribution in [3.63, 3.8) is 0 Å². The first-order valence-electron chi connectivity index (χ1n) is 8.95. The number of amides is 1. The summed E-state index contributed by atoms with van der Waals surface area (Å²) in [5.41, 5.74) is 2.27. The Morgan fingerprint density at radius 1 is 1.25 bits per heavy atom.